The van der Waals surface area contributed by atoms with Crippen LogP contribution in [0.25, 0.3) is 5.69 Å². The molecule has 1 aromatic carbocycles. The molecule has 0 spiro atoms. The van der Waals surface area contributed by atoms with Gasteiger partial charge in [-0.1, -0.05) is 18.2 Å². The third-order valence-electron chi connectivity index (χ3n) is 4.15. The van der Waals surface area contributed by atoms with E-state index in [2.05, 4.69) is 15.7 Å². The number of amides is 2. The van der Waals surface area contributed by atoms with Gasteiger partial charge in [-0.15, -0.1) is 0 Å². The van der Waals surface area contributed by atoms with E-state index in [1.54, 1.807) is 16.9 Å². The maximum atomic E-state index is 12.0. The highest BCUT2D eigenvalue weighted by Crippen LogP contribution is 2.17. The second-order valence-electron chi connectivity index (χ2n) is 5.98. The van der Waals surface area contributed by atoms with Crippen LogP contribution >= 0.6 is 0 Å². The molecule has 128 valence electrons. The van der Waals surface area contributed by atoms with Gasteiger partial charge in [-0.05, 0) is 44.2 Å². The van der Waals surface area contributed by atoms with E-state index in [0.29, 0.717) is 18.5 Å². The number of hydrogen-bond acceptors (Lipinski definition) is 3. The van der Waals surface area contributed by atoms with Gasteiger partial charge in [0.25, 0.3) is 0 Å². The van der Waals surface area contributed by atoms with E-state index >= 15 is 0 Å². The molecule has 2 aromatic rings. The Morgan fingerprint density at radius 2 is 2.12 bits per heavy atom. The largest absolute Gasteiger partial charge is 0.378 e. The van der Waals surface area contributed by atoms with Gasteiger partial charge in [0.2, 0.25) is 0 Å². The number of anilines is 1. The molecule has 0 bridgehead atoms. The molecule has 2 heterocycles. The van der Waals surface area contributed by atoms with E-state index in [1.165, 1.54) is 12.8 Å². The van der Waals surface area contributed by atoms with Crippen molar-refractivity contribution in [3.05, 3.63) is 42.6 Å². The number of urea groups is 1. The lowest BCUT2D eigenvalue weighted by Gasteiger charge is -2.11. The van der Waals surface area contributed by atoms with Gasteiger partial charge in [0.1, 0.15) is 5.82 Å². The lowest BCUT2D eigenvalue weighted by Crippen LogP contribution is -2.30. The zero-order chi connectivity index (χ0) is 16.6. The van der Waals surface area contributed by atoms with Crippen molar-refractivity contribution in [2.45, 2.75) is 38.2 Å². The van der Waals surface area contributed by atoms with E-state index in [4.69, 9.17) is 4.74 Å². The van der Waals surface area contributed by atoms with Crippen molar-refractivity contribution in [1.29, 1.82) is 0 Å². The lowest BCUT2D eigenvalue weighted by atomic mass is 10.1. The average Bonchev–Trinajstić information content (AvgIpc) is 3.27. The Balaban J connectivity index is 1.40. The predicted molar refractivity (Wildman–Crippen MR) is 93.4 cm³/mol. The van der Waals surface area contributed by atoms with Crippen LogP contribution in [0.5, 0.6) is 0 Å². The number of ether oxygens (including phenoxy) is 1. The number of hydrogen-bond donors (Lipinski definition) is 2. The van der Waals surface area contributed by atoms with Crippen molar-refractivity contribution in [3.8, 4) is 5.69 Å². The zero-order valence-corrected chi connectivity index (χ0v) is 13.8. The standard InChI is InChI=1S/C18H24N4O2/c23-18(19-12-5-4-9-16-10-6-14-24-16)21-17-11-13-20-22(17)15-7-2-1-3-8-15/h1-3,7-8,11,13,16H,4-6,9-10,12,14H2,(H2,19,21,23). The molecule has 2 N–H and O–H groups in total. The minimum absolute atomic E-state index is 0.204. The summed E-state index contributed by atoms with van der Waals surface area (Å²) in [6.07, 6.45) is 7.59. The van der Waals surface area contributed by atoms with Gasteiger partial charge in [-0.25, -0.2) is 9.48 Å². The number of benzene rings is 1. The number of carbonyl (C=O) groups is 1. The number of carbonyl (C=O) groups excluding carboxylic acids is 1. The summed E-state index contributed by atoms with van der Waals surface area (Å²) in [6, 6.07) is 11.3. The molecule has 1 unspecified atom stereocenters. The Labute approximate surface area is 142 Å². The van der Waals surface area contributed by atoms with Crippen LogP contribution in [0.4, 0.5) is 10.6 Å². The number of unbranched alkanes of at least 4 members (excludes halogenated alkanes) is 1. The molecule has 1 aromatic heterocycles. The van der Waals surface area contributed by atoms with Crippen molar-refractivity contribution in [3.63, 3.8) is 0 Å². The van der Waals surface area contributed by atoms with E-state index in [0.717, 1.165) is 31.6 Å². The fourth-order valence-electron chi connectivity index (χ4n) is 2.90. The summed E-state index contributed by atoms with van der Waals surface area (Å²) in [5.41, 5.74) is 0.911. The molecule has 0 saturated carbocycles. The SMILES string of the molecule is O=C(NCCCCC1CCCO1)Nc1ccnn1-c1ccccc1. The van der Waals surface area contributed by atoms with Gasteiger partial charge in [0.15, 0.2) is 0 Å². The van der Waals surface area contributed by atoms with Crippen LogP contribution in [-0.4, -0.2) is 35.1 Å². The van der Waals surface area contributed by atoms with E-state index in [1.807, 2.05) is 30.3 Å². The normalized spacial score (nSPS) is 16.9. The van der Waals surface area contributed by atoms with Crippen LogP contribution in [0.3, 0.4) is 0 Å². The molecular formula is C18H24N4O2. The van der Waals surface area contributed by atoms with Gasteiger partial charge >= 0.3 is 6.03 Å². The fourth-order valence-corrected chi connectivity index (χ4v) is 2.90. The van der Waals surface area contributed by atoms with Crippen molar-refractivity contribution in [2.24, 2.45) is 0 Å². The maximum Gasteiger partial charge on any atom is 0.320 e. The van der Waals surface area contributed by atoms with Gasteiger partial charge < -0.3 is 10.1 Å². The first-order chi connectivity index (χ1) is 11.8. The summed E-state index contributed by atoms with van der Waals surface area (Å²) < 4.78 is 7.30. The number of nitrogens with one attached hydrogen (secondary N) is 2. The number of nitrogens with zero attached hydrogens (tertiary/aromatic N) is 2. The molecule has 3 rings (SSSR count). The van der Waals surface area contributed by atoms with E-state index in [-0.39, 0.29) is 6.03 Å². The summed E-state index contributed by atoms with van der Waals surface area (Å²) in [5, 5.41) is 9.99. The second-order valence-corrected chi connectivity index (χ2v) is 5.98. The molecule has 24 heavy (non-hydrogen) atoms. The molecule has 1 atom stereocenters. The first-order valence-electron chi connectivity index (χ1n) is 8.59. The van der Waals surface area contributed by atoms with E-state index < -0.39 is 0 Å². The molecule has 0 aliphatic carbocycles. The lowest BCUT2D eigenvalue weighted by molar-refractivity contribution is 0.102. The van der Waals surface area contributed by atoms with Crippen LogP contribution in [-0.2, 0) is 4.74 Å². The Morgan fingerprint density at radius 3 is 2.92 bits per heavy atom. The second kappa shape index (κ2) is 8.49. The molecule has 2 amide bonds. The Hall–Kier alpha value is -2.34. The van der Waals surface area contributed by atoms with Gasteiger partial charge in [-0.3, -0.25) is 5.32 Å². The highest BCUT2D eigenvalue weighted by Gasteiger charge is 2.14. The van der Waals surface area contributed by atoms with Crippen molar-refractivity contribution < 1.29 is 9.53 Å². The smallest absolute Gasteiger partial charge is 0.320 e. The van der Waals surface area contributed by atoms with Crippen LogP contribution < -0.4 is 10.6 Å². The monoisotopic (exact) mass is 328 g/mol. The van der Waals surface area contributed by atoms with Crippen LogP contribution in [0, 0.1) is 0 Å². The van der Waals surface area contributed by atoms with Gasteiger partial charge in [0.05, 0.1) is 18.0 Å². The van der Waals surface area contributed by atoms with Crippen LogP contribution in [0.15, 0.2) is 42.6 Å². The summed E-state index contributed by atoms with van der Waals surface area (Å²) in [4.78, 5) is 12.0. The number of aromatic nitrogens is 2. The Bertz CT molecular complexity index is 635. The first kappa shape index (κ1) is 16.5. The highest BCUT2D eigenvalue weighted by molar-refractivity contribution is 5.88. The molecule has 1 fully saturated rings. The molecule has 1 aliphatic heterocycles. The predicted octanol–water partition coefficient (Wildman–Crippen LogP) is 3.34. The van der Waals surface area contributed by atoms with Crippen molar-refractivity contribution >= 4 is 11.8 Å². The topological polar surface area (TPSA) is 68.2 Å². The first-order valence-corrected chi connectivity index (χ1v) is 8.59. The summed E-state index contributed by atoms with van der Waals surface area (Å²) in [6.45, 7) is 1.57. The Kier molecular flexibility index (Phi) is 5.85. The van der Waals surface area contributed by atoms with Gasteiger partial charge in [-0.2, -0.15) is 5.10 Å². The molecule has 0 radical (unpaired) electrons. The number of rotatable bonds is 7. The quantitative estimate of drug-likeness (QED) is 0.766. The average molecular weight is 328 g/mol. The maximum absolute atomic E-state index is 12.0. The summed E-state index contributed by atoms with van der Waals surface area (Å²) in [7, 11) is 0. The van der Waals surface area contributed by atoms with Crippen molar-refractivity contribution in [2.75, 3.05) is 18.5 Å². The van der Waals surface area contributed by atoms with Gasteiger partial charge in [0, 0.05) is 19.2 Å². The minimum Gasteiger partial charge on any atom is -0.378 e. The van der Waals surface area contributed by atoms with Crippen LogP contribution in [0.2, 0.25) is 0 Å². The van der Waals surface area contributed by atoms with E-state index in [9.17, 15) is 4.79 Å². The zero-order valence-electron chi connectivity index (χ0n) is 13.8. The summed E-state index contributed by atoms with van der Waals surface area (Å²) >= 11 is 0. The fraction of sp³-hybridized carbons (Fsp3) is 0.444. The highest BCUT2D eigenvalue weighted by atomic mass is 16.5. The Morgan fingerprint density at radius 1 is 1.25 bits per heavy atom. The minimum atomic E-state index is -0.204. The number of para-hydroxylation sites is 1. The molecular weight excluding hydrogens is 304 g/mol. The molecule has 6 heteroatoms. The third kappa shape index (κ3) is 4.58. The molecule has 6 nitrogen and oxygen atoms in total. The third-order valence-corrected chi connectivity index (χ3v) is 4.15. The van der Waals surface area contributed by atoms with Crippen LogP contribution in [0.1, 0.15) is 32.1 Å². The molecule has 1 saturated heterocycles. The molecule has 1 aliphatic rings. The summed E-state index contributed by atoms with van der Waals surface area (Å²) in [5.74, 6) is 0.651. The van der Waals surface area contributed by atoms with Crippen molar-refractivity contribution in [1.82, 2.24) is 15.1 Å².